The maximum atomic E-state index is 6.09. The van der Waals surface area contributed by atoms with Gasteiger partial charge in [-0.25, -0.2) is 4.98 Å². The summed E-state index contributed by atoms with van der Waals surface area (Å²) in [6.45, 7) is 2.45. The Labute approximate surface area is 171 Å². The van der Waals surface area contributed by atoms with Gasteiger partial charge in [0.25, 0.3) is 0 Å². The molecule has 0 bridgehead atoms. The van der Waals surface area contributed by atoms with Gasteiger partial charge in [0.15, 0.2) is 5.96 Å². The van der Waals surface area contributed by atoms with Crippen molar-refractivity contribution in [2.45, 2.75) is 25.5 Å². The molecule has 29 heavy (non-hydrogen) atoms. The Morgan fingerprint density at radius 3 is 2.48 bits per heavy atom. The summed E-state index contributed by atoms with van der Waals surface area (Å²) in [6.07, 6.45) is 4.09. The molecule has 2 heterocycles. The fourth-order valence-electron chi connectivity index (χ4n) is 3.59. The van der Waals surface area contributed by atoms with Gasteiger partial charge in [-0.2, -0.15) is 0 Å². The third-order valence-electron chi connectivity index (χ3n) is 5.13. The number of rotatable bonds is 5. The Bertz CT molecular complexity index is 915. The first-order chi connectivity index (χ1) is 14.3. The lowest BCUT2D eigenvalue weighted by molar-refractivity contribution is 0.129. The fraction of sp³-hybridized carbons (Fsp3) is 0.304. The first kappa shape index (κ1) is 19.1. The first-order valence-electron chi connectivity index (χ1n) is 10.1. The quantitative estimate of drug-likeness (QED) is 0.516. The Balaban J connectivity index is 1.28. The lowest BCUT2D eigenvalue weighted by Crippen LogP contribution is -2.47. The minimum absolute atomic E-state index is 0.255. The number of para-hydroxylation sites is 1. The van der Waals surface area contributed by atoms with E-state index in [9.17, 15) is 0 Å². The lowest BCUT2D eigenvalue weighted by atomic mass is 10.1. The molecule has 1 saturated heterocycles. The van der Waals surface area contributed by atoms with E-state index in [1.165, 1.54) is 0 Å². The summed E-state index contributed by atoms with van der Waals surface area (Å²) in [6, 6.07) is 20.3. The van der Waals surface area contributed by atoms with Crippen molar-refractivity contribution in [1.82, 2.24) is 20.2 Å². The predicted octanol–water partition coefficient (Wildman–Crippen LogP) is 3.70. The smallest absolute Gasteiger partial charge is 0.194 e. The Hall–Kier alpha value is -3.28. The average Bonchev–Trinajstić information content (AvgIpc) is 3.26. The molecule has 0 aliphatic carbocycles. The highest BCUT2D eigenvalue weighted by Crippen LogP contribution is 2.19. The van der Waals surface area contributed by atoms with E-state index in [1.54, 1.807) is 0 Å². The van der Waals surface area contributed by atoms with E-state index >= 15 is 0 Å². The second-order valence-corrected chi connectivity index (χ2v) is 7.13. The van der Waals surface area contributed by atoms with Crippen LogP contribution >= 0.6 is 0 Å². The van der Waals surface area contributed by atoms with Crippen LogP contribution in [-0.4, -0.2) is 47.1 Å². The molecule has 150 valence electrons. The zero-order valence-corrected chi connectivity index (χ0v) is 16.7. The van der Waals surface area contributed by atoms with Gasteiger partial charge in [0.1, 0.15) is 17.7 Å². The molecule has 2 N–H and O–H groups in total. The number of aromatic amines is 1. The maximum absolute atomic E-state index is 6.09. The number of imidazole rings is 1. The molecule has 0 unspecified atom stereocenters. The van der Waals surface area contributed by atoms with Gasteiger partial charge in [-0.3, -0.25) is 4.99 Å². The number of piperidine rings is 1. The molecule has 6 nitrogen and oxygen atoms in total. The number of benzene rings is 2. The fourth-order valence-corrected chi connectivity index (χ4v) is 3.59. The van der Waals surface area contributed by atoms with E-state index in [4.69, 9.17) is 4.74 Å². The van der Waals surface area contributed by atoms with Gasteiger partial charge in [-0.1, -0.05) is 48.5 Å². The largest absolute Gasteiger partial charge is 0.490 e. The summed E-state index contributed by atoms with van der Waals surface area (Å²) in [5.41, 5.74) is 2.16. The predicted molar refractivity (Wildman–Crippen MR) is 116 cm³/mol. The van der Waals surface area contributed by atoms with Gasteiger partial charge in [0.05, 0.1) is 18.4 Å². The SMILES string of the molecule is CN=C(NCc1ncc(-c2ccccc2)[nH]1)N1CCC(Oc2ccccc2)CC1. The Morgan fingerprint density at radius 2 is 1.79 bits per heavy atom. The summed E-state index contributed by atoms with van der Waals surface area (Å²) in [5, 5.41) is 3.43. The van der Waals surface area contributed by atoms with Crippen molar-refractivity contribution in [3.63, 3.8) is 0 Å². The minimum atomic E-state index is 0.255. The molecule has 1 aliphatic rings. The third kappa shape index (κ3) is 4.96. The average molecular weight is 390 g/mol. The van der Waals surface area contributed by atoms with Crippen LogP contribution in [0.15, 0.2) is 71.9 Å². The molecule has 1 aromatic heterocycles. The minimum Gasteiger partial charge on any atom is -0.490 e. The number of hydrogen-bond donors (Lipinski definition) is 2. The second kappa shape index (κ2) is 9.28. The normalized spacial score (nSPS) is 15.3. The van der Waals surface area contributed by atoms with Gasteiger partial charge >= 0.3 is 0 Å². The molecule has 6 heteroatoms. The summed E-state index contributed by atoms with van der Waals surface area (Å²) in [7, 11) is 1.83. The molecule has 0 radical (unpaired) electrons. The number of guanidine groups is 1. The molecule has 1 fully saturated rings. The number of aliphatic imine (C=N–C) groups is 1. The van der Waals surface area contributed by atoms with Gasteiger partial charge < -0.3 is 19.9 Å². The Kier molecular flexibility index (Phi) is 6.10. The highest BCUT2D eigenvalue weighted by Gasteiger charge is 2.22. The molecule has 1 aliphatic heterocycles. The van der Waals surface area contributed by atoms with Gasteiger partial charge in [0.2, 0.25) is 0 Å². The Morgan fingerprint density at radius 1 is 1.10 bits per heavy atom. The molecule has 4 rings (SSSR count). The highest BCUT2D eigenvalue weighted by atomic mass is 16.5. The first-order valence-corrected chi connectivity index (χ1v) is 10.1. The number of nitrogens with zero attached hydrogens (tertiary/aromatic N) is 3. The lowest BCUT2D eigenvalue weighted by Gasteiger charge is -2.34. The molecule has 0 spiro atoms. The molecular weight excluding hydrogens is 362 g/mol. The van der Waals surface area contributed by atoms with E-state index in [0.29, 0.717) is 6.54 Å². The van der Waals surface area contributed by atoms with Crippen LogP contribution in [0.25, 0.3) is 11.3 Å². The summed E-state index contributed by atoms with van der Waals surface area (Å²) in [5.74, 6) is 2.74. The monoisotopic (exact) mass is 389 g/mol. The van der Waals surface area contributed by atoms with Crippen LogP contribution in [0.1, 0.15) is 18.7 Å². The summed E-state index contributed by atoms with van der Waals surface area (Å²) >= 11 is 0. The van der Waals surface area contributed by atoms with Crippen LogP contribution in [0, 0.1) is 0 Å². The number of likely N-dealkylation sites (tertiary alicyclic amines) is 1. The van der Waals surface area contributed by atoms with Crippen molar-refractivity contribution in [3.05, 3.63) is 72.7 Å². The maximum Gasteiger partial charge on any atom is 0.194 e. The van der Waals surface area contributed by atoms with Gasteiger partial charge in [-0.05, 0) is 17.7 Å². The summed E-state index contributed by atoms with van der Waals surface area (Å²) < 4.78 is 6.09. The molecule has 0 amide bonds. The second-order valence-electron chi connectivity index (χ2n) is 7.13. The van der Waals surface area contributed by atoms with Crippen LogP contribution in [0.3, 0.4) is 0 Å². The van der Waals surface area contributed by atoms with Crippen LogP contribution in [0.2, 0.25) is 0 Å². The van der Waals surface area contributed by atoms with Crippen molar-refractivity contribution in [3.8, 4) is 17.0 Å². The number of nitrogens with one attached hydrogen (secondary N) is 2. The molecule has 0 atom stereocenters. The number of aromatic nitrogens is 2. The zero-order chi connectivity index (χ0) is 19.9. The van der Waals surface area contributed by atoms with Crippen LogP contribution in [-0.2, 0) is 6.54 Å². The van der Waals surface area contributed by atoms with Crippen molar-refractivity contribution >= 4 is 5.96 Å². The van der Waals surface area contributed by atoms with Crippen molar-refractivity contribution in [1.29, 1.82) is 0 Å². The molecule has 0 saturated carbocycles. The van der Waals surface area contributed by atoms with E-state index in [1.807, 2.05) is 61.8 Å². The van der Waals surface area contributed by atoms with Gasteiger partial charge in [-0.15, -0.1) is 0 Å². The standard InChI is InChI=1S/C23H27N5O/c1-24-23(26-17-22-25-16-21(27-22)18-8-4-2-5-9-18)28-14-12-20(13-15-28)29-19-10-6-3-7-11-19/h2-11,16,20H,12-15,17H2,1H3,(H,24,26)(H,25,27). The zero-order valence-electron chi connectivity index (χ0n) is 16.7. The van der Waals surface area contributed by atoms with Crippen molar-refractivity contribution < 1.29 is 4.74 Å². The van der Waals surface area contributed by atoms with E-state index in [0.717, 1.165) is 54.7 Å². The summed E-state index contributed by atoms with van der Waals surface area (Å²) in [4.78, 5) is 14.6. The van der Waals surface area contributed by atoms with Crippen LogP contribution in [0.4, 0.5) is 0 Å². The number of H-pyrrole nitrogens is 1. The van der Waals surface area contributed by atoms with E-state index in [-0.39, 0.29) is 6.10 Å². The molecule has 2 aromatic carbocycles. The van der Waals surface area contributed by atoms with E-state index in [2.05, 4.69) is 37.3 Å². The topological polar surface area (TPSA) is 65.5 Å². The van der Waals surface area contributed by atoms with Crippen LogP contribution in [0.5, 0.6) is 5.75 Å². The number of hydrogen-bond acceptors (Lipinski definition) is 3. The molecular formula is C23H27N5O. The van der Waals surface area contributed by atoms with Gasteiger partial charge in [0, 0.05) is 33.0 Å². The van der Waals surface area contributed by atoms with Crippen molar-refractivity contribution in [2.75, 3.05) is 20.1 Å². The number of ether oxygens (including phenoxy) is 1. The third-order valence-corrected chi connectivity index (χ3v) is 5.13. The highest BCUT2D eigenvalue weighted by molar-refractivity contribution is 5.79. The van der Waals surface area contributed by atoms with Crippen molar-refractivity contribution in [2.24, 2.45) is 4.99 Å². The van der Waals surface area contributed by atoms with Crippen LogP contribution < -0.4 is 10.1 Å². The van der Waals surface area contributed by atoms with E-state index < -0.39 is 0 Å². The molecule has 3 aromatic rings.